The second kappa shape index (κ2) is 11.8. The zero-order chi connectivity index (χ0) is 27.2. The van der Waals surface area contributed by atoms with Crippen LogP contribution in [0.25, 0.3) is 0 Å². The molecule has 0 unspecified atom stereocenters. The van der Waals surface area contributed by atoms with Crippen LogP contribution in [0.4, 0.5) is 0 Å². The molecule has 2 aliphatic heterocycles. The van der Waals surface area contributed by atoms with E-state index in [4.69, 9.17) is 9.47 Å². The highest BCUT2D eigenvalue weighted by Crippen LogP contribution is 2.26. The normalized spacial score (nSPS) is 15.8. The first-order valence-corrected chi connectivity index (χ1v) is 12.3. The Morgan fingerprint density at radius 1 is 0.842 bits per heavy atom. The number of piperazine rings is 1. The van der Waals surface area contributed by atoms with E-state index in [9.17, 15) is 29.1 Å². The van der Waals surface area contributed by atoms with E-state index in [1.807, 2.05) is 0 Å². The molecule has 200 valence electrons. The van der Waals surface area contributed by atoms with Crippen molar-refractivity contribution in [1.82, 2.24) is 14.7 Å². The topological polar surface area (TPSA) is 134 Å². The van der Waals surface area contributed by atoms with Crippen molar-refractivity contribution in [2.45, 2.75) is 25.3 Å². The van der Waals surface area contributed by atoms with Crippen LogP contribution in [0.5, 0.6) is 11.5 Å². The summed E-state index contributed by atoms with van der Waals surface area (Å²) in [5.74, 6) is -1.81. The second-order valence-electron chi connectivity index (χ2n) is 8.96. The number of amides is 4. The number of aliphatic carboxylic acids is 1. The highest BCUT2D eigenvalue weighted by Gasteiger charge is 2.43. The monoisotopic (exact) mass is 523 g/mol. The minimum Gasteiger partial charge on any atom is -0.497 e. The average Bonchev–Trinajstić information content (AvgIpc) is 3.18. The van der Waals surface area contributed by atoms with Crippen molar-refractivity contribution in [3.05, 3.63) is 59.7 Å². The second-order valence-corrected chi connectivity index (χ2v) is 8.96. The Morgan fingerprint density at radius 2 is 1.39 bits per heavy atom. The predicted octanol–water partition coefficient (Wildman–Crippen LogP) is 1.66. The molecule has 2 aromatic rings. The summed E-state index contributed by atoms with van der Waals surface area (Å²) >= 11 is 0. The molecule has 38 heavy (non-hydrogen) atoms. The molecule has 2 heterocycles. The van der Waals surface area contributed by atoms with Crippen LogP contribution < -0.4 is 9.47 Å². The molecule has 4 amide bonds. The van der Waals surface area contributed by atoms with Crippen LogP contribution in [0.2, 0.25) is 0 Å². The van der Waals surface area contributed by atoms with Gasteiger partial charge in [-0.3, -0.25) is 24.1 Å². The van der Waals surface area contributed by atoms with Crippen molar-refractivity contribution in [1.29, 1.82) is 0 Å². The molecule has 1 N–H and O–H groups in total. The van der Waals surface area contributed by atoms with Gasteiger partial charge in [-0.25, -0.2) is 4.79 Å². The van der Waals surface area contributed by atoms with Crippen LogP contribution in [0, 0.1) is 0 Å². The van der Waals surface area contributed by atoms with E-state index < -0.39 is 23.8 Å². The Labute approximate surface area is 219 Å². The molecule has 11 nitrogen and oxygen atoms in total. The third-order valence-corrected chi connectivity index (χ3v) is 6.66. The Bertz CT molecular complexity index is 1200. The molecule has 2 aliphatic rings. The Hall–Kier alpha value is -4.41. The fourth-order valence-electron chi connectivity index (χ4n) is 4.58. The van der Waals surface area contributed by atoms with Gasteiger partial charge in [-0.05, 0) is 30.7 Å². The van der Waals surface area contributed by atoms with E-state index in [0.717, 1.165) is 4.90 Å². The Morgan fingerprint density at radius 3 is 1.95 bits per heavy atom. The lowest BCUT2D eigenvalue weighted by molar-refractivity contribution is -0.143. The molecule has 0 aromatic heterocycles. The molecule has 0 radical (unpaired) electrons. The number of hydrogen-bond acceptors (Lipinski definition) is 7. The Balaban J connectivity index is 1.23. The molecule has 0 spiro atoms. The number of carbonyl (C=O) groups excluding carboxylic acids is 4. The largest absolute Gasteiger partial charge is 0.497 e. The number of fused-ring (bicyclic) bond motifs is 1. The fraction of sp³-hybridized carbons (Fsp3) is 0.370. The number of benzene rings is 2. The smallest absolute Gasteiger partial charge is 0.326 e. The SMILES string of the molecule is COc1cccc(OCCC(=O)N2CCN(C(=O)CC[C@@H](C(=O)O)N3C(=O)c4ccccc4C3=O)CC2)c1. The zero-order valence-electron chi connectivity index (χ0n) is 21.0. The van der Waals surface area contributed by atoms with E-state index in [1.54, 1.807) is 53.3 Å². The number of carboxylic acid groups (broad SMARTS) is 1. The van der Waals surface area contributed by atoms with Crippen LogP contribution in [0.1, 0.15) is 40.0 Å². The van der Waals surface area contributed by atoms with Gasteiger partial charge in [0.05, 0.1) is 31.3 Å². The highest BCUT2D eigenvalue weighted by atomic mass is 16.5. The van der Waals surface area contributed by atoms with E-state index >= 15 is 0 Å². The molecular weight excluding hydrogens is 494 g/mol. The van der Waals surface area contributed by atoms with Gasteiger partial charge in [-0.2, -0.15) is 0 Å². The van der Waals surface area contributed by atoms with E-state index in [1.165, 1.54) is 12.1 Å². The quantitative estimate of drug-likeness (QED) is 0.465. The zero-order valence-corrected chi connectivity index (χ0v) is 21.0. The lowest BCUT2D eigenvalue weighted by Crippen LogP contribution is -2.51. The maximum Gasteiger partial charge on any atom is 0.326 e. The minimum absolute atomic E-state index is 0.0865. The van der Waals surface area contributed by atoms with Gasteiger partial charge in [-0.15, -0.1) is 0 Å². The third-order valence-electron chi connectivity index (χ3n) is 6.66. The van der Waals surface area contributed by atoms with E-state index in [2.05, 4.69) is 0 Å². The number of methoxy groups -OCH3 is 1. The maximum atomic E-state index is 12.8. The van der Waals surface area contributed by atoms with Crippen LogP contribution in [0.3, 0.4) is 0 Å². The summed E-state index contributed by atoms with van der Waals surface area (Å²) in [7, 11) is 1.56. The number of ether oxygens (including phenoxy) is 2. The molecule has 1 fully saturated rings. The maximum absolute atomic E-state index is 12.8. The summed E-state index contributed by atoms with van der Waals surface area (Å²) in [6, 6.07) is 11.8. The van der Waals surface area contributed by atoms with Gasteiger partial charge < -0.3 is 24.4 Å². The van der Waals surface area contributed by atoms with Crippen LogP contribution in [-0.4, -0.2) is 95.3 Å². The van der Waals surface area contributed by atoms with E-state index in [0.29, 0.717) is 37.7 Å². The minimum atomic E-state index is -1.45. The van der Waals surface area contributed by atoms with Gasteiger partial charge in [0.1, 0.15) is 17.5 Å². The number of imide groups is 1. The van der Waals surface area contributed by atoms with Crippen molar-refractivity contribution in [2.75, 3.05) is 39.9 Å². The van der Waals surface area contributed by atoms with Gasteiger partial charge in [0, 0.05) is 38.7 Å². The molecule has 4 rings (SSSR count). The lowest BCUT2D eigenvalue weighted by Gasteiger charge is -2.35. The first-order chi connectivity index (χ1) is 18.3. The van der Waals surface area contributed by atoms with Crippen molar-refractivity contribution < 1.29 is 38.6 Å². The molecule has 0 bridgehead atoms. The Kier molecular flexibility index (Phi) is 8.25. The van der Waals surface area contributed by atoms with Gasteiger partial charge in [0.15, 0.2) is 0 Å². The van der Waals surface area contributed by atoms with Crippen molar-refractivity contribution in [2.24, 2.45) is 0 Å². The molecule has 2 aromatic carbocycles. The first-order valence-electron chi connectivity index (χ1n) is 12.3. The van der Waals surface area contributed by atoms with Gasteiger partial charge in [-0.1, -0.05) is 18.2 Å². The molecular formula is C27H29N3O8. The van der Waals surface area contributed by atoms with Crippen molar-refractivity contribution in [3.8, 4) is 11.5 Å². The number of nitrogens with zero attached hydrogens (tertiary/aromatic N) is 3. The summed E-state index contributed by atoms with van der Waals surface area (Å²) in [6.45, 7) is 1.53. The average molecular weight is 524 g/mol. The highest BCUT2D eigenvalue weighted by molar-refractivity contribution is 6.22. The van der Waals surface area contributed by atoms with E-state index in [-0.39, 0.29) is 48.8 Å². The van der Waals surface area contributed by atoms with Gasteiger partial charge in [0.25, 0.3) is 11.8 Å². The van der Waals surface area contributed by atoms with Crippen LogP contribution >= 0.6 is 0 Å². The van der Waals surface area contributed by atoms with Crippen LogP contribution in [-0.2, 0) is 14.4 Å². The third kappa shape index (κ3) is 5.77. The summed E-state index contributed by atoms with van der Waals surface area (Å²) in [5.41, 5.74) is 0.314. The summed E-state index contributed by atoms with van der Waals surface area (Å²) in [4.78, 5) is 66.6. The van der Waals surface area contributed by atoms with Crippen molar-refractivity contribution in [3.63, 3.8) is 0 Å². The molecule has 1 saturated heterocycles. The van der Waals surface area contributed by atoms with Crippen molar-refractivity contribution >= 4 is 29.6 Å². The number of rotatable bonds is 10. The summed E-state index contributed by atoms with van der Waals surface area (Å²) in [6.07, 6.45) is -0.154. The molecule has 0 saturated carbocycles. The predicted molar refractivity (Wildman–Crippen MR) is 134 cm³/mol. The lowest BCUT2D eigenvalue weighted by atomic mass is 10.1. The first kappa shape index (κ1) is 26.6. The number of carboxylic acids is 1. The number of carbonyl (C=O) groups is 5. The van der Waals surface area contributed by atoms with Crippen LogP contribution in [0.15, 0.2) is 48.5 Å². The summed E-state index contributed by atoms with van der Waals surface area (Å²) in [5, 5.41) is 9.71. The molecule has 1 atom stereocenters. The molecule has 11 heteroatoms. The number of hydrogen-bond donors (Lipinski definition) is 1. The van der Waals surface area contributed by atoms with Gasteiger partial charge >= 0.3 is 5.97 Å². The fourth-order valence-corrected chi connectivity index (χ4v) is 4.58. The summed E-state index contributed by atoms with van der Waals surface area (Å²) < 4.78 is 10.8. The molecule has 0 aliphatic carbocycles. The standard InChI is InChI=1S/C27H29N3O8/c1-37-18-5-4-6-19(17-18)38-16-11-24(32)29-14-12-28(13-15-29)23(31)10-9-22(27(35)36)30-25(33)20-7-2-3-8-21(20)26(30)34/h2-8,17,22H,9-16H2,1H3,(H,35,36)/t22-/m0/s1. The van der Waals surface area contributed by atoms with Gasteiger partial charge in [0.2, 0.25) is 11.8 Å².